The van der Waals surface area contributed by atoms with E-state index in [1.165, 1.54) is 0 Å². The first-order valence-corrected chi connectivity index (χ1v) is 6.13. The normalized spacial score (nSPS) is 12.5. The van der Waals surface area contributed by atoms with Gasteiger partial charge >= 0.3 is 0 Å². The van der Waals surface area contributed by atoms with E-state index in [9.17, 15) is 4.79 Å². The van der Waals surface area contributed by atoms with Gasteiger partial charge in [0, 0.05) is 26.1 Å². The van der Waals surface area contributed by atoms with Gasteiger partial charge < -0.3 is 10.6 Å². The Labute approximate surface area is 94.0 Å². The molecule has 0 bridgehead atoms. The summed E-state index contributed by atoms with van der Waals surface area (Å²) < 4.78 is 0. The van der Waals surface area contributed by atoms with Crippen LogP contribution in [0.25, 0.3) is 0 Å². The van der Waals surface area contributed by atoms with Crippen LogP contribution in [0.2, 0.25) is 0 Å². The molecule has 0 aromatic carbocycles. The highest BCUT2D eigenvalue weighted by molar-refractivity contribution is 5.76. The number of nitrogens with two attached hydrogens (primary N) is 1. The molecule has 0 spiro atoms. The van der Waals surface area contributed by atoms with E-state index in [0.29, 0.717) is 25.4 Å². The van der Waals surface area contributed by atoms with Crippen molar-refractivity contribution < 1.29 is 4.79 Å². The molecule has 3 heteroatoms. The van der Waals surface area contributed by atoms with E-state index < -0.39 is 0 Å². The first-order valence-electron chi connectivity index (χ1n) is 6.13. The van der Waals surface area contributed by atoms with Gasteiger partial charge in [0.2, 0.25) is 5.91 Å². The molecular formula is C12H26N2O. The highest BCUT2D eigenvalue weighted by atomic mass is 16.2. The molecule has 3 nitrogen and oxygen atoms in total. The second-order valence-electron chi connectivity index (χ2n) is 4.24. The number of carbonyl (C=O) groups is 1. The molecule has 0 saturated carbocycles. The van der Waals surface area contributed by atoms with Gasteiger partial charge in [-0.2, -0.15) is 0 Å². The maximum absolute atomic E-state index is 11.9. The number of amides is 1. The van der Waals surface area contributed by atoms with Crippen LogP contribution < -0.4 is 5.73 Å². The SMILES string of the molecule is CCCCN(CCN)C(=O)CC(C)CC. The van der Waals surface area contributed by atoms with Crippen LogP contribution in [-0.2, 0) is 4.79 Å². The Balaban J connectivity index is 4.03. The van der Waals surface area contributed by atoms with Crippen LogP contribution >= 0.6 is 0 Å². The van der Waals surface area contributed by atoms with E-state index in [1.54, 1.807) is 0 Å². The minimum absolute atomic E-state index is 0.267. The van der Waals surface area contributed by atoms with Crippen molar-refractivity contribution in [3.63, 3.8) is 0 Å². The van der Waals surface area contributed by atoms with Crippen LogP contribution in [0.5, 0.6) is 0 Å². The van der Waals surface area contributed by atoms with Gasteiger partial charge in [-0.1, -0.05) is 33.6 Å². The Morgan fingerprint density at radius 2 is 2.00 bits per heavy atom. The monoisotopic (exact) mass is 214 g/mol. The second-order valence-corrected chi connectivity index (χ2v) is 4.24. The molecule has 90 valence electrons. The lowest BCUT2D eigenvalue weighted by Gasteiger charge is -2.23. The predicted octanol–water partition coefficient (Wildman–Crippen LogP) is 2.01. The average molecular weight is 214 g/mol. The van der Waals surface area contributed by atoms with Gasteiger partial charge in [-0.15, -0.1) is 0 Å². The zero-order chi connectivity index (χ0) is 11.7. The van der Waals surface area contributed by atoms with Crippen LogP contribution in [0.1, 0.15) is 46.5 Å². The molecule has 1 atom stereocenters. The molecule has 0 fully saturated rings. The average Bonchev–Trinajstić information content (AvgIpc) is 2.23. The lowest BCUT2D eigenvalue weighted by Crippen LogP contribution is -2.36. The summed E-state index contributed by atoms with van der Waals surface area (Å²) in [6.45, 7) is 8.52. The molecule has 15 heavy (non-hydrogen) atoms. The molecule has 1 amide bonds. The van der Waals surface area contributed by atoms with Crippen molar-refractivity contribution in [2.24, 2.45) is 11.7 Å². The fourth-order valence-electron chi connectivity index (χ4n) is 1.44. The fraction of sp³-hybridized carbons (Fsp3) is 0.917. The number of rotatable bonds is 8. The first-order chi connectivity index (χ1) is 7.15. The molecule has 0 saturated heterocycles. The lowest BCUT2D eigenvalue weighted by molar-refractivity contribution is -0.132. The van der Waals surface area contributed by atoms with E-state index in [2.05, 4.69) is 20.8 Å². The van der Waals surface area contributed by atoms with Crippen molar-refractivity contribution in [2.45, 2.75) is 46.5 Å². The lowest BCUT2D eigenvalue weighted by atomic mass is 10.0. The van der Waals surface area contributed by atoms with Crippen LogP contribution in [-0.4, -0.2) is 30.4 Å². The number of hydrogen-bond donors (Lipinski definition) is 1. The van der Waals surface area contributed by atoms with Crippen molar-refractivity contribution in [3.05, 3.63) is 0 Å². The Morgan fingerprint density at radius 3 is 2.47 bits per heavy atom. The molecular weight excluding hydrogens is 188 g/mol. The quantitative estimate of drug-likeness (QED) is 0.672. The Bertz CT molecular complexity index is 171. The largest absolute Gasteiger partial charge is 0.341 e. The molecule has 0 aliphatic heterocycles. The smallest absolute Gasteiger partial charge is 0.222 e. The van der Waals surface area contributed by atoms with Crippen LogP contribution in [0, 0.1) is 5.92 Å². The van der Waals surface area contributed by atoms with E-state index in [-0.39, 0.29) is 5.91 Å². The van der Waals surface area contributed by atoms with E-state index >= 15 is 0 Å². The molecule has 2 N–H and O–H groups in total. The van der Waals surface area contributed by atoms with Crippen LogP contribution in [0.15, 0.2) is 0 Å². The topological polar surface area (TPSA) is 46.3 Å². The summed E-state index contributed by atoms with van der Waals surface area (Å²) in [7, 11) is 0. The van der Waals surface area contributed by atoms with Gasteiger partial charge in [-0.25, -0.2) is 0 Å². The van der Waals surface area contributed by atoms with Crippen molar-refractivity contribution in [1.29, 1.82) is 0 Å². The van der Waals surface area contributed by atoms with Crippen LogP contribution in [0.4, 0.5) is 0 Å². The summed E-state index contributed by atoms with van der Waals surface area (Å²) in [5.74, 6) is 0.752. The third kappa shape index (κ3) is 6.50. The van der Waals surface area contributed by atoms with E-state index in [4.69, 9.17) is 5.73 Å². The summed E-state index contributed by atoms with van der Waals surface area (Å²) >= 11 is 0. The minimum atomic E-state index is 0.267. The standard InChI is InChI=1S/C12H26N2O/c1-4-6-8-14(9-7-13)12(15)10-11(3)5-2/h11H,4-10,13H2,1-3H3. The molecule has 0 heterocycles. The van der Waals surface area contributed by atoms with Gasteiger partial charge in [-0.05, 0) is 12.3 Å². The third-order valence-corrected chi connectivity index (χ3v) is 2.75. The van der Waals surface area contributed by atoms with Gasteiger partial charge in [0.15, 0.2) is 0 Å². The zero-order valence-corrected chi connectivity index (χ0v) is 10.5. The summed E-state index contributed by atoms with van der Waals surface area (Å²) in [6.07, 6.45) is 3.93. The van der Waals surface area contributed by atoms with E-state index in [1.807, 2.05) is 4.90 Å². The molecule has 0 aromatic rings. The Kier molecular flexibility index (Phi) is 8.38. The van der Waals surface area contributed by atoms with Crippen LogP contribution in [0.3, 0.4) is 0 Å². The summed E-state index contributed by atoms with van der Waals surface area (Å²) in [4.78, 5) is 13.8. The predicted molar refractivity (Wildman–Crippen MR) is 64.6 cm³/mol. The number of unbranched alkanes of at least 4 members (excludes halogenated alkanes) is 1. The molecule has 0 rings (SSSR count). The molecule has 0 radical (unpaired) electrons. The summed E-state index contributed by atoms with van der Waals surface area (Å²) in [5.41, 5.74) is 5.51. The van der Waals surface area contributed by atoms with Crippen molar-refractivity contribution in [2.75, 3.05) is 19.6 Å². The Hall–Kier alpha value is -0.570. The molecule has 0 aromatic heterocycles. The maximum atomic E-state index is 11.9. The zero-order valence-electron chi connectivity index (χ0n) is 10.5. The summed E-state index contributed by atoms with van der Waals surface area (Å²) in [6, 6.07) is 0. The highest BCUT2D eigenvalue weighted by Crippen LogP contribution is 2.09. The molecule has 1 unspecified atom stereocenters. The first kappa shape index (κ1) is 14.4. The molecule has 0 aliphatic rings. The van der Waals surface area contributed by atoms with Gasteiger partial charge in [0.1, 0.15) is 0 Å². The minimum Gasteiger partial charge on any atom is -0.341 e. The highest BCUT2D eigenvalue weighted by Gasteiger charge is 2.14. The third-order valence-electron chi connectivity index (χ3n) is 2.75. The number of hydrogen-bond acceptors (Lipinski definition) is 2. The number of carbonyl (C=O) groups excluding carboxylic acids is 1. The van der Waals surface area contributed by atoms with Crippen molar-refractivity contribution >= 4 is 5.91 Å². The van der Waals surface area contributed by atoms with Crippen molar-refractivity contribution in [1.82, 2.24) is 4.90 Å². The number of nitrogens with zero attached hydrogens (tertiary/aromatic N) is 1. The Morgan fingerprint density at radius 1 is 1.33 bits per heavy atom. The molecule has 0 aliphatic carbocycles. The fourth-order valence-corrected chi connectivity index (χ4v) is 1.44. The van der Waals surface area contributed by atoms with Gasteiger partial charge in [0.25, 0.3) is 0 Å². The van der Waals surface area contributed by atoms with E-state index in [0.717, 1.165) is 25.8 Å². The van der Waals surface area contributed by atoms with Gasteiger partial charge in [-0.3, -0.25) is 4.79 Å². The summed E-state index contributed by atoms with van der Waals surface area (Å²) in [5, 5.41) is 0. The van der Waals surface area contributed by atoms with Crippen molar-refractivity contribution in [3.8, 4) is 0 Å². The second kappa shape index (κ2) is 8.72. The van der Waals surface area contributed by atoms with Gasteiger partial charge in [0.05, 0.1) is 0 Å². The maximum Gasteiger partial charge on any atom is 0.222 e.